The molecule has 1 aliphatic carbocycles. The van der Waals surface area contributed by atoms with Crippen LogP contribution in [0.1, 0.15) is 31.3 Å². The molecule has 1 saturated carbocycles. The summed E-state index contributed by atoms with van der Waals surface area (Å²) in [6, 6.07) is 0.648. The van der Waals surface area contributed by atoms with E-state index in [4.69, 9.17) is 0 Å². The second kappa shape index (κ2) is 4.49. The second-order valence-corrected chi connectivity index (χ2v) is 4.65. The Bertz CT molecular complexity index is 537. The molecule has 0 atom stereocenters. The van der Waals surface area contributed by atoms with Gasteiger partial charge in [-0.25, -0.2) is 0 Å². The molecule has 18 heavy (non-hydrogen) atoms. The summed E-state index contributed by atoms with van der Waals surface area (Å²) in [7, 11) is 1.91. The van der Waals surface area contributed by atoms with Crippen LogP contribution in [0.5, 0.6) is 0 Å². The van der Waals surface area contributed by atoms with E-state index < -0.39 is 0 Å². The molecule has 0 bridgehead atoms. The van der Waals surface area contributed by atoms with Crippen LogP contribution in [0.2, 0.25) is 0 Å². The molecule has 0 spiro atoms. The van der Waals surface area contributed by atoms with Gasteiger partial charge in [0.15, 0.2) is 5.82 Å². The van der Waals surface area contributed by atoms with Crippen molar-refractivity contribution in [3.63, 3.8) is 0 Å². The van der Waals surface area contributed by atoms with Crippen molar-refractivity contribution in [2.75, 3.05) is 0 Å². The highest BCUT2D eigenvalue weighted by Gasteiger charge is 2.22. The predicted molar refractivity (Wildman–Crippen MR) is 65.2 cm³/mol. The van der Waals surface area contributed by atoms with Crippen molar-refractivity contribution in [1.82, 2.24) is 35.3 Å². The van der Waals surface area contributed by atoms with E-state index in [-0.39, 0.29) is 0 Å². The Morgan fingerprint density at radius 1 is 1.44 bits per heavy atom. The summed E-state index contributed by atoms with van der Waals surface area (Å²) < 4.78 is 3.58. The van der Waals surface area contributed by atoms with Crippen molar-refractivity contribution in [2.24, 2.45) is 7.05 Å². The molecule has 0 amide bonds. The van der Waals surface area contributed by atoms with Crippen LogP contribution in [0.4, 0.5) is 0 Å². The number of tetrazole rings is 1. The van der Waals surface area contributed by atoms with Crippen LogP contribution in [-0.4, -0.2) is 36.0 Å². The zero-order chi connectivity index (χ0) is 12.5. The maximum absolute atomic E-state index is 4.41. The molecule has 2 aromatic heterocycles. The number of aryl methyl sites for hydroxylation is 2. The van der Waals surface area contributed by atoms with Gasteiger partial charge in [-0.15, -0.1) is 5.10 Å². The SMILES string of the molecule is CCc1nn(C)cc1-n1nnnc1CNC1CC1. The molecule has 0 unspecified atom stereocenters. The number of hydrogen-bond acceptors (Lipinski definition) is 5. The van der Waals surface area contributed by atoms with Crippen LogP contribution < -0.4 is 5.32 Å². The van der Waals surface area contributed by atoms with Crippen molar-refractivity contribution >= 4 is 0 Å². The Labute approximate surface area is 105 Å². The number of hydrogen-bond donors (Lipinski definition) is 1. The lowest BCUT2D eigenvalue weighted by atomic mass is 10.3. The fraction of sp³-hybridized carbons (Fsp3) is 0.636. The Morgan fingerprint density at radius 3 is 3.00 bits per heavy atom. The molecular weight excluding hydrogens is 230 g/mol. The van der Waals surface area contributed by atoms with Crippen LogP contribution in [0.3, 0.4) is 0 Å². The summed E-state index contributed by atoms with van der Waals surface area (Å²) >= 11 is 0. The molecule has 0 saturated heterocycles. The summed E-state index contributed by atoms with van der Waals surface area (Å²) in [5, 5.41) is 19.8. The number of nitrogens with zero attached hydrogens (tertiary/aromatic N) is 6. The first-order valence-corrected chi connectivity index (χ1v) is 6.31. The number of rotatable bonds is 5. The molecule has 1 N–H and O–H groups in total. The highest BCUT2D eigenvalue weighted by atomic mass is 15.6. The molecule has 0 radical (unpaired) electrons. The molecule has 0 aromatic carbocycles. The minimum atomic E-state index is 0.648. The lowest BCUT2D eigenvalue weighted by molar-refractivity contribution is 0.636. The predicted octanol–water partition coefficient (Wildman–Crippen LogP) is 0.210. The summed E-state index contributed by atoms with van der Waals surface area (Å²) in [6.45, 7) is 2.79. The van der Waals surface area contributed by atoms with Gasteiger partial charge in [-0.2, -0.15) is 9.78 Å². The maximum atomic E-state index is 4.41. The normalized spacial score (nSPS) is 15.2. The van der Waals surface area contributed by atoms with Crippen LogP contribution >= 0.6 is 0 Å². The zero-order valence-corrected chi connectivity index (χ0v) is 10.7. The van der Waals surface area contributed by atoms with Crippen LogP contribution in [0.25, 0.3) is 5.69 Å². The second-order valence-electron chi connectivity index (χ2n) is 4.65. The largest absolute Gasteiger partial charge is 0.307 e. The molecule has 2 aromatic rings. The van der Waals surface area contributed by atoms with E-state index >= 15 is 0 Å². The lowest BCUT2D eigenvalue weighted by Gasteiger charge is -2.04. The van der Waals surface area contributed by atoms with Gasteiger partial charge in [-0.05, 0) is 29.7 Å². The fourth-order valence-corrected chi connectivity index (χ4v) is 1.98. The quantitative estimate of drug-likeness (QED) is 0.817. The minimum absolute atomic E-state index is 0.648. The zero-order valence-electron chi connectivity index (χ0n) is 10.7. The average molecular weight is 247 g/mol. The molecule has 1 aliphatic rings. The lowest BCUT2D eigenvalue weighted by Crippen LogP contribution is -2.19. The molecular formula is C11H17N7. The highest BCUT2D eigenvalue weighted by Crippen LogP contribution is 2.19. The van der Waals surface area contributed by atoms with Crippen LogP contribution in [0.15, 0.2) is 6.20 Å². The molecule has 96 valence electrons. The average Bonchev–Trinajstić information content (AvgIpc) is 2.95. The Morgan fingerprint density at radius 2 is 2.28 bits per heavy atom. The first kappa shape index (κ1) is 11.3. The molecule has 3 rings (SSSR count). The third kappa shape index (κ3) is 2.13. The van der Waals surface area contributed by atoms with Gasteiger partial charge in [0.1, 0.15) is 5.69 Å². The molecule has 1 fully saturated rings. The first-order valence-electron chi connectivity index (χ1n) is 6.31. The van der Waals surface area contributed by atoms with E-state index in [2.05, 4.69) is 32.9 Å². The third-order valence-electron chi connectivity index (χ3n) is 3.11. The molecule has 7 nitrogen and oxygen atoms in total. The smallest absolute Gasteiger partial charge is 0.170 e. The Kier molecular flexibility index (Phi) is 2.83. The van der Waals surface area contributed by atoms with E-state index in [1.54, 1.807) is 9.36 Å². The summed E-state index contributed by atoms with van der Waals surface area (Å²) in [6.07, 6.45) is 5.34. The summed E-state index contributed by atoms with van der Waals surface area (Å²) in [5.74, 6) is 0.838. The topological polar surface area (TPSA) is 73.5 Å². The highest BCUT2D eigenvalue weighted by molar-refractivity contribution is 5.34. The summed E-state index contributed by atoms with van der Waals surface area (Å²) in [5.41, 5.74) is 1.98. The third-order valence-corrected chi connectivity index (χ3v) is 3.11. The monoisotopic (exact) mass is 247 g/mol. The first-order chi connectivity index (χ1) is 8.78. The van der Waals surface area contributed by atoms with Gasteiger partial charge >= 0.3 is 0 Å². The van der Waals surface area contributed by atoms with Gasteiger partial charge < -0.3 is 5.32 Å². The van der Waals surface area contributed by atoms with Gasteiger partial charge in [-0.3, -0.25) is 4.68 Å². The van der Waals surface area contributed by atoms with Crippen molar-refractivity contribution in [3.8, 4) is 5.69 Å². The molecule has 7 heteroatoms. The van der Waals surface area contributed by atoms with Crippen LogP contribution in [-0.2, 0) is 20.0 Å². The van der Waals surface area contributed by atoms with E-state index in [0.717, 1.165) is 23.6 Å². The van der Waals surface area contributed by atoms with Gasteiger partial charge in [0, 0.05) is 13.1 Å². The van der Waals surface area contributed by atoms with Crippen molar-refractivity contribution in [3.05, 3.63) is 17.7 Å². The maximum Gasteiger partial charge on any atom is 0.170 e. The molecule has 0 aliphatic heterocycles. The molecule has 2 heterocycles. The van der Waals surface area contributed by atoms with Gasteiger partial charge in [0.05, 0.1) is 18.4 Å². The Balaban J connectivity index is 1.87. The van der Waals surface area contributed by atoms with E-state index in [1.807, 2.05) is 13.2 Å². The number of aromatic nitrogens is 6. The Hall–Kier alpha value is -1.76. The van der Waals surface area contributed by atoms with Crippen molar-refractivity contribution in [2.45, 2.75) is 38.8 Å². The fourth-order valence-electron chi connectivity index (χ4n) is 1.98. The number of nitrogens with one attached hydrogen (secondary N) is 1. The van der Waals surface area contributed by atoms with E-state index in [0.29, 0.717) is 12.6 Å². The van der Waals surface area contributed by atoms with Crippen molar-refractivity contribution < 1.29 is 0 Å². The van der Waals surface area contributed by atoms with Crippen LogP contribution in [0, 0.1) is 0 Å². The van der Waals surface area contributed by atoms with Gasteiger partial charge in [0.25, 0.3) is 0 Å². The summed E-state index contributed by atoms with van der Waals surface area (Å²) in [4.78, 5) is 0. The van der Waals surface area contributed by atoms with Crippen molar-refractivity contribution in [1.29, 1.82) is 0 Å². The van der Waals surface area contributed by atoms with E-state index in [1.165, 1.54) is 12.8 Å². The standard InChI is InChI=1S/C11H17N7/c1-3-9-10(7-17(2)14-9)18-11(13-15-16-18)6-12-8-4-5-8/h7-8,12H,3-6H2,1-2H3. The minimum Gasteiger partial charge on any atom is -0.307 e. The van der Waals surface area contributed by atoms with E-state index in [9.17, 15) is 0 Å². The van der Waals surface area contributed by atoms with Gasteiger partial charge in [-0.1, -0.05) is 6.92 Å². The van der Waals surface area contributed by atoms with Gasteiger partial charge in [0.2, 0.25) is 0 Å².